The highest BCUT2D eigenvalue weighted by molar-refractivity contribution is 9.10. The zero-order valence-corrected chi connectivity index (χ0v) is 12.4. The van der Waals surface area contributed by atoms with Gasteiger partial charge in [-0.2, -0.15) is 0 Å². The second-order valence-electron chi connectivity index (χ2n) is 4.11. The maximum absolute atomic E-state index is 11.5. The van der Waals surface area contributed by atoms with Gasteiger partial charge in [-0.3, -0.25) is 4.79 Å². The molecule has 0 radical (unpaired) electrons. The lowest BCUT2D eigenvalue weighted by atomic mass is 10.2. The molecular weight excluding hydrogens is 314 g/mol. The summed E-state index contributed by atoms with van der Waals surface area (Å²) in [5.41, 5.74) is 0.0192. The Morgan fingerprint density at radius 1 is 1.47 bits per heavy atom. The first kappa shape index (κ1) is 15.5. The van der Waals surface area contributed by atoms with Crippen LogP contribution in [0, 0.1) is 0 Å². The highest BCUT2D eigenvalue weighted by Gasteiger charge is 2.13. The fourth-order valence-electron chi connectivity index (χ4n) is 1.36. The van der Waals surface area contributed by atoms with Crippen LogP contribution in [0.5, 0.6) is 5.75 Å². The molecule has 0 spiro atoms. The molecule has 0 saturated heterocycles. The molecule has 6 heteroatoms. The predicted octanol–water partition coefficient (Wildman–Crippen LogP) is 2.44. The van der Waals surface area contributed by atoms with E-state index in [4.69, 9.17) is 9.84 Å². The van der Waals surface area contributed by atoms with Crippen LogP contribution in [0.2, 0.25) is 0 Å². The van der Waals surface area contributed by atoms with Crippen molar-refractivity contribution in [2.24, 2.45) is 0 Å². The predicted molar refractivity (Wildman–Crippen MR) is 74.5 cm³/mol. The van der Waals surface area contributed by atoms with Crippen LogP contribution in [0.3, 0.4) is 0 Å². The second-order valence-corrected chi connectivity index (χ2v) is 5.03. The second kappa shape index (κ2) is 7.13. The average Bonchev–Trinajstić information content (AvgIpc) is 2.36. The van der Waals surface area contributed by atoms with Crippen LogP contribution in [0.4, 0.5) is 0 Å². The quantitative estimate of drug-likeness (QED) is 0.840. The molecule has 0 aliphatic rings. The Morgan fingerprint density at radius 3 is 2.74 bits per heavy atom. The summed E-state index contributed by atoms with van der Waals surface area (Å²) in [5.74, 6) is -1.19. The van der Waals surface area contributed by atoms with Crippen molar-refractivity contribution >= 4 is 27.8 Å². The van der Waals surface area contributed by atoms with E-state index in [0.717, 1.165) is 6.42 Å². The number of benzene rings is 1. The fourth-order valence-corrected chi connectivity index (χ4v) is 1.72. The van der Waals surface area contributed by atoms with Gasteiger partial charge in [-0.15, -0.1) is 0 Å². The third kappa shape index (κ3) is 4.90. The van der Waals surface area contributed by atoms with E-state index in [-0.39, 0.29) is 29.9 Å². The molecule has 0 fully saturated rings. The minimum absolute atomic E-state index is 0.0192. The summed E-state index contributed by atoms with van der Waals surface area (Å²) in [5, 5.41) is 11.8. The van der Waals surface area contributed by atoms with E-state index in [1.165, 1.54) is 12.1 Å². The minimum Gasteiger partial charge on any atom is -0.483 e. The first-order valence-corrected chi connectivity index (χ1v) is 6.68. The minimum atomic E-state index is -1.10. The molecule has 0 unspecified atom stereocenters. The first-order chi connectivity index (χ1) is 8.93. The number of ether oxygens (including phenoxy) is 1. The molecule has 19 heavy (non-hydrogen) atoms. The Morgan fingerprint density at radius 2 is 2.16 bits per heavy atom. The largest absolute Gasteiger partial charge is 0.483 e. The molecule has 104 valence electrons. The zero-order chi connectivity index (χ0) is 14.4. The normalized spacial score (nSPS) is 11.7. The van der Waals surface area contributed by atoms with Crippen molar-refractivity contribution in [2.45, 2.75) is 26.3 Å². The first-order valence-electron chi connectivity index (χ1n) is 5.89. The summed E-state index contributed by atoms with van der Waals surface area (Å²) in [4.78, 5) is 22.6. The Balaban J connectivity index is 2.67. The van der Waals surface area contributed by atoms with Crippen LogP contribution >= 0.6 is 15.9 Å². The number of carbonyl (C=O) groups excluding carboxylic acids is 1. The van der Waals surface area contributed by atoms with E-state index in [0.29, 0.717) is 4.47 Å². The maximum Gasteiger partial charge on any atom is 0.339 e. The summed E-state index contributed by atoms with van der Waals surface area (Å²) in [6, 6.07) is 4.68. The highest BCUT2D eigenvalue weighted by atomic mass is 79.9. The SMILES string of the molecule is CC[C@H](C)NC(=O)COc1ccc(Br)cc1C(=O)O. The van der Waals surface area contributed by atoms with Crippen LogP contribution in [0.1, 0.15) is 30.6 Å². The van der Waals surface area contributed by atoms with Gasteiger partial charge < -0.3 is 15.2 Å². The number of amides is 1. The number of hydrogen-bond acceptors (Lipinski definition) is 3. The molecule has 5 nitrogen and oxygen atoms in total. The van der Waals surface area contributed by atoms with E-state index < -0.39 is 5.97 Å². The van der Waals surface area contributed by atoms with Gasteiger partial charge in [0.1, 0.15) is 11.3 Å². The topological polar surface area (TPSA) is 75.6 Å². The molecule has 0 aromatic heterocycles. The van der Waals surface area contributed by atoms with Crippen LogP contribution in [0.15, 0.2) is 22.7 Å². The van der Waals surface area contributed by atoms with Gasteiger partial charge in [0.05, 0.1) is 0 Å². The monoisotopic (exact) mass is 329 g/mol. The Hall–Kier alpha value is -1.56. The summed E-state index contributed by atoms with van der Waals surface area (Å²) in [6.45, 7) is 3.65. The highest BCUT2D eigenvalue weighted by Crippen LogP contribution is 2.23. The summed E-state index contributed by atoms with van der Waals surface area (Å²) in [7, 11) is 0. The van der Waals surface area contributed by atoms with Crippen LogP contribution in [0.25, 0.3) is 0 Å². The van der Waals surface area contributed by atoms with E-state index >= 15 is 0 Å². The van der Waals surface area contributed by atoms with Gasteiger partial charge in [0, 0.05) is 10.5 Å². The third-order valence-electron chi connectivity index (χ3n) is 2.55. The molecule has 1 atom stereocenters. The third-order valence-corrected chi connectivity index (χ3v) is 3.04. The van der Waals surface area contributed by atoms with Crippen molar-refractivity contribution in [3.63, 3.8) is 0 Å². The van der Waals surface area contributed by atoms with Gasteiger partial charge in [-0.1, -0.05) is 22.9 Å². The average molecular weight is 330 g/mol. The van der Waals surface area contributed by atoms with Crippen LogP contribution < -0.4 is 10.1 Å². The van der Waals surface area contributed by atoms with Gasteiger partial charge in [0.15, 0.2) is 6.61 Å². The van der Waals surface area contributed by atoms with Gasteiger partial charge in [0.25, 0.3) is 5.91 Å². The molecule has 1 amide bonds. The number of carboxylic acid groups (broad SMARTS) is 1. The summed E-state index contributed by atoms with van der Waals surface area (Å²) < 4.78 is 5.89. The van der Waals surface area contributed by atoms with Crippen molar-refractivity contribution in [1.82, 2.24) is 5.32 Å². The number of halogens is 1. The van der Waals surface area contributed by atoms with Gasteiger partial charge in [0.2, 0.25) is 0 Å². The standard InChI is InChI=1S/C13H16BrNO4/c1-3-8(2)15-12(16)7-19-11-5-4-9(14)6-10(11)13(17)18/h4-6,8H,3,7H2,1-2H3,(H,15,16)(H,17,18)/t8-/m0/s1. The molecule has 1 aromatic carbocycles. The van der Waals surface area contributed by atoms with Gasteiger partial charge in [-0.25, -0.2) is 4.79 Å². The lowest BCUT2D eigenvalue weighted by molar-refractivity contribution is -0.123. The van der Waals surface area contributed by atoms with E-state index in [1.54, 1.807) is 6.07 Å². The summed E-state index contributed by atoms with van der Waals surface area (Å²) >= 11 is 3.19. The Bertz CT molecular complexity index is 476. The van der Waals surface area contributed by atoms with Crippen molar-refractivity contribution in [3.8, 4) is 5.75 Å². The zero-order valence-electron chi connectivity index (χ0n) is 10.8. The maximum atomic E-state index is 11.5. The Labute approximate surface area is 120 Å². The molecule has 0 heterocycles. The van der Waals surface area contributed by atoms with Crippen molar-refractivity contribution in [3.05, 3.63) is 28.2 Å². The van der Waals surface area contributed by atoms with Gasteiger partial charge in [-0.05, 0) is 31.5 Å². The van der Waals surface area contributed by atoms with Gasteiger partial charge >= 0.3 is 5.97 Å². The summed E-state index contributed by atoms with van der Waals surface area (Å²) in [6.07, 6.45) is 0.824. The van der Waals surface area contributed by atoms with Crippen LogP contribution in [-0.2, 0) is 4.79 Å². The number of carboxylic acids is 1. The lowest BCUT2D eigenvalue weighted by Crippen LogP contribution is -2.35. The van der Waals surface area contributed by atoms with E-state index in [1.807, 2.05) is 13.8 Å². The molecule has 2 N–H and O–H groups in total. The number of rotatable bonds is 6. The fraction of sp³-hybridized carbons (Fsp3) is 0.385. The molecule has 0 bridgehead atoms. The molecule has 0 saturated carbocycles. The molecular formula is C13H16BrNO4. The van der Waals surface area contributed by atoms with E-state index in [9.17, 15) is 9.59 Å². The molecule has 0 aliphatic heterocycles. The van der Waals surface area contributed by atoms with Crippen molar-refractivity contribution in [1.29, 1.82) is 0 Å². The van der Waals surface area contributed by atoms with Crippen molar-refractivity contribution in [2.75, 3.05) is 6.61 Å². The number of nitrogens with one attached hydrogen (secondary N) is 1. The van der Waals surface area contributed by atoms with Crippen molar-refractivity contribution < 1.29 is 19.4 Å². The van der Waals surface area contributed by atoms with E-state index in [2.05, 4.69) is 21.2 Å². The number of aromatic carboxylic acids is 1. The Kier molecular flexibility index (Phi) is 5.82. The van der Waals surface area contributed by atoms with Crippen LogP contribution in [-0.4, -0.2) is 29.6 Å². The molecule has 1 rings (SSSR count). The molecule has 0 aliphatic carbocycles. The molecule has 1 aromatic rings. The number of hydrogen-bond donors (Lipinski definition) is 2. The lowest BCUT2D eigenvalue weighted by Gasteiger charge is -2.13. The number of carbonyl (C=O) groups is 2. The smallest absolute Gasteiger partial charge is 0.339 e.